The number of hydrogen-bond donors (Lipinski definition) is 0. The second-order valence-corrected chi connectivity index (χ2v) is 5.85. The Hall–Kier alpha value is -1.35. The Morgan fingerprint density at radius 2 is 1.71 bits per heavy atom. The molecule has 1 amide bonds. The van der Waals surface area contributed by atoms with E-state index in [4.69, 9.17) is 0 Å². The quantitative estimate of drug-likeness (QED) is 0.832. The minimum Gasteiger partial charge on any atom is -0.341 e. The topological polar surface area (TPSA) is 23.6 Å². The summed E-state index contributed by atoms with van der Waals surface area (Å²) in [7, 11) is 0. The minimum absolute atomic E-state index is 0.298. The molecule has 3 heteroatoms. The first kappa shape index (κ1) is 16.0. The molecule has 1 aromatic carbocycles. The van der Waals surface area contributed by atoms with Crippen LogP contribution in [0.1, 0.15) is 37.8 Å². The third-order valence-electron chi connectivity index (χ3n) is 4.39. The molecule has 116 valence electrons. The van der Waals surface area contributed by atoms with E-state index in [1.165, 1.54) is 11.1 Å². The molecule has 21 heavy (non-hydrogen) atoms. The second kappa shape index (κ2) is 8.18. The fourth-order valence-corrected chi connectivity index (χ4v) is 2.90. The molecule has 0 unspecified atom stereocenters. The molecule has 0 saturated carbocycles. The van der Waals surface area contributed by atoms with E-state index in [-0.39, 0.29) is 0 Å². The molecule has 1 saturated heterocycles. The Morgan fingerprint density at radius 3 is 2.38 bits per heavy atom. The van der Waals surface area contributed by atoms with Crippen LogP contribution in [-0.2, 0) is 17.6 Å². The molecule has 0 radical (unpaired) electrons. The Kier molecular flexibility index (Phi) is 6.24. The predicted octanol–water partition coefficient (Wildman–Crippen LogP) is 2.74. The van der Waals surface area contributed by atoms with Crippen LogP contribution in [0.2, 0.25) is 0 Å². The summed E-state index contributed by atoms with van der Waals surface area (Å²) in [6.45, 7) is 9.18. The summed E-state index contributed by atoms with van der Waals surface area (Å²) in [5.41, 5.74) is 2.82. The lowest BCUT2D eigenvalue weighted by atomic mass is 10.1. The Labute approximate surface area is 128 Å². The summed E-state index contributed by atoms with van der Waals surface area (Å²) in [5.74, 6) is 0.298. The highest BCUT2D eigenvalue weighted by Crippen LogP contribution is 2.09. The molecule has 1 aliphatic rings. The monoisotopic (exact) mass is 288 g/mol. The third kappa shape index (κ3) is 4.85. The maximum Gasteiger partial charge on any atom is 0.222 e. The van der Waals surface area contributed by atoms with Gasteiger partial charge in [0, 0.05) is 32.6 Å². The van der Waals surface area contributed by atoms with Gasteiger partial charge >= 0.3 is 0 Å². The molecular formula is C18H28N2O. The second-order valence-electron chi connectivity index (χ2n) is 5.85. The summed E-state index contributed by atoms with van der Waals surface area (Å²) < 4.78 is 0. The van der Waals surface area contributed by atoms with Gasteiger partial charge in [-0.1, -0.05) is 38.1 Å². The van der Waals surface area contributed by atoms with Crippen molar-refractivity contribution in [2.24, 2.45) is 0 Å². The number of carbonyl (C=O) groups is 1. The van der Waals surface area contributed by atoms with Gasteiger partial charge in [0.25, 0.3) is 0 Å². The largest absolute Gasteiger partial charge is 0.341 e. The predicted molar refractivity (Wildman–Crippen MR) is 87.5 cm³/mol. The molecular weight excluding hydrogens is 260 g/mol. The number of hydrogen-bond acceptors (Lipinski definition) is 2. The van der Waals surface area contributed by atoms with Gasteiger partial charge in [0.2, 0.25) is 5.91 Å². The van der Waals surface area contributed by atoms with Crippen LogP contribution in [0.15, 0.2) is 24.3 Å². The van der Waals surface area contributed by atoms with E-state index in [2.05, 4.69) is 36.1 Å². The molecule has 1 heterocycles. The Morgan fingerprint density at radius 1 is 1.00 bits per heavy atom. The zero-order chi connectivity index (χ0) is 15.1. The van der Waals surface area contributed by atoms with Gasteiger partial charge in [0.15, 0.2) is 0 Å². The van der Waals surface area contributed by atoms with Gasteiger partial charge in [-0.15, -0.1) is 0 Å². The van der Waals surface area contributed by atoms with Gasteiger partial charge in [0.05, 0.1) is 0 Å². The van der Waals surface area contributed by atoms with E-state index in [1.807, 2.05) is 11.8 Å². The molecule has 2 rings (SSSR count). The average molecular weight is 288 g/mol. The molecule has 1 aliphatic heterocycles. The number of amides is 1. The number of nitrogens with zero attached hydrogens (tertiary/aromatic N) is 2. The maximum absolute atomic E-state index is 11.8. The first-order valence-electron chi connectivity index (χ1n) is 8.31. The number of benzene rings is 1. The standard InChI is InChI=1S/C18H28N2O/c1-3-16-6-8-17(9-7-16)10-13-19-11-5-12-20(15-14-19)18(21)4-2/h6-9H,3-5,10-15H2,1-2H3. The molecule has 0 aliphatic carbocycles. The van der Waals surface area contributed by atoms with Crippen molar-refractivity contribution in [2.45, 2.75) is 39.5 Å². The van der Waals surface area contributed by atoms with Crippen LogP contribution in [0.25, 0.3) is 0 Å². The minimum atomic E-state index is 0.298. The van der Waals surface area contributed by atoms with Crippen LogP contribution in [0.5, 0.6) is 0 Å². The lowest BCUT2D eigenvalue weighted by Crippen LogP contribution is -2.35. The molecule has 0 atom stereocenters. The lowest BCUT2D eigenvalue weighted by molar-refractivity contribution is -0.130. The Bertz CT molecular complexity index is 441. The summed E-state index contributed by atoms with van der Waals surface area (Å²) in [5, 5.41) is 0. The average Bonchev–Trinajstić information content (AvgIpc) is 2.78. The van der Waals surface area contributed by atoms with Crippen LogP contribution >= 0.6 is 0 Å². The fourth-order valence-electron chi connectivity index (χ4n) is 2.90. The number of aryl methyl sites for hydroxylation is 1. The zero-order valence-corrected chi connectivity index (χ0v) is 13.5. The highest BCUT2D eigenvalue weighted by Gasteiger charge is 2.17. The van der Waals surface area contributed by atoms with Crippen LogP contribution in [0, 0.1) is 0 Å². The van der Waals surface area contributed by atoms with Crippen molar-refractivity contribution < 1.29 is 4.79 Å². The summed E-state index contributed by atoms with van der Waals surface area (Å²) >= 11 is 0. The van der Waals surface area contributed by atoms with Gasteiger partial charge in [-0.05, 0) is 36.9 Å². The summed E-state index contributed by atoms with van der Waals surface area (Å²) in [6, 6.07) is 8.98. The van der Waals surface area contributed by atoms with E-state index in [9.17, 15) is 4.79 Å². The van der Waals surface area contributed by atoms with Crippen molar-refractivity contribution in [3.05, 3.63) is 35.4 Å². The van der Waals surface area contributed by atoms with Crippen molar-refractivity contribution in [2.75, 3.05) is 32.7 Å². The molecule has 0 spiro atoms. The maximum atomic E-state index is 11.8. The van der Waals surface area contributed by atoms with Gasteiger partial charge in [0.1, 0.15) is 0 Å². The molecule has 0 bridgehead atoms. The first-order chi connectivity index (χ1) is 10.2. The fraction of sp³-hybridized carbons (Fsp3) is 0.611. The smallest absolute Gasteiger partial charge is 0.222 e. The highest BCUT2D eigenvalue weighted by atomic mass is 16.2. The van der Waals surface area contributed by atoms with Crippen molar-refractivity contribution in [1.82, 2.24) is 9.80 Å². The third-order valence-corrected chi connectivity index (χ3v) is 4.39. The molecule has 1 aromatic rings. The van der Waals surface area contributed by atoms with Crippen LogP contribution in [-0.4, -0.2) is 48.4 Å². The number of carbonyl (C=O) groups excluding carboxylic acids is 1. The van der Waals surface area contributed by atoms with Crippen molar-refractivity contribution >= 4 is 5.91 Å². The van der Waals surface area contributed by atoms with Gasteiger partial charge in [-0.3, -0.25) is 4.79 Å². The molecule has 0 N–H and O–H groups in total. The van der Waals surface area contributed by atoms with Crippen molar-refractivity contribution in [1.29, 1.82) is 0 Å². The van der Waals surface area contributed by atoms with Crippen LogP contribution in [0.3, 0.4) is 0 Å². The normalized spacial score (nSPS) is 16.8. The van der Waals surface area contributed by atoms with Crippen LogP contribution < -0.4 is 0 Å². The van der Waals surface area contributed by atoms with E-state index >= 15 is 0 Å². The molecule has 3 nitrogen and oxygen atoms in total. The van der Waals surface area contributed by atoms with Gasteiger partial charge < -0.3 is 9.80 Å². The lowest BCUT2D eigenvalue weighted by Gasteiger charge is -2.21. The SMILES string of the molecule is CCC(=O)N1CCCN(CCc2ccc(CC)cc2)CC1. The van der Waals surface area contributed by atoms with E-state index < -0.39 is 0 Å². The zero-order valence-electron chi connectivity index (χ0n) is 13.5. The summed E-state index contributed by atoms with van der Waals surface area (Å²) in [6.07, 6.45) is 3.93. The van der Waals surface area contributed by atoms with Gasteiger partial charge in [-0.2, -0.15) is 0 Å². The van der Waals surface area contributed by atoms with E-state index in [1.54, 1.807) is 0 Å². The highest BCUT2D eigenvalue weighted by molar-refractivity contribution is 5.75. The van der Waals surface area contributed by atoms with Crippen molar-refractivity contribution in [3.8, 4) is 0 Å². The molecule has 0 aromatic heterocycles. The first-order valence-corrected chi connectivity index (χ1v) is 8.31. The van der Waals surface area contributed by atoms with E-state index in [0.717, 1.165) is 52.0 Å². The van der Waals surface area contributed by atoms with Crippen LogP contribution in [0.4, 0.5) is 0 Å². The van der Waals surface area contributed by atoms with E-state index in [0.29, 0.717) is 12.3 Å². The number of rotatable bonds is 5. The van der Waals surface area contributed by atoms with Crippen molar-refractivity contribution in [3.63, 3.8) is 0 Å². The Balaban J connectivity index is 1.79. The molecule has 1 fully saturated rings. The summed E-state index contributed by atoms with van der Waals surface area (Å²) in [4.78, 5) is 16.3. The van der Waals surface area contributed by atoms with Gasteiger partial charge in [-0.25, -0.2) is 0 Å².